The van der Waals surface area contributed by atoms with E-state index in [9.17, 15) is 14.7 Å². The maximum absolute atomic E-state index is 12.3. The Bertz CT molecular complexity index is 486. The van der Waals surface area contributed by atoms with Gasteiger partial charge in [0.15, 0.2) is 0 Å². The van der Waals surface area contributed by atoms with E-state index in [2.05, 4.69) is 5.32 Å². The number of aliphatic carboxylic acids is 1. The summed E-state index contributed by atoms with van der Waals surface area (Å²) in [6, 6.07) is 9.59. The van der Waals surface area contributed by atoms with E-state index in [1.807, 2.05) is 44.2 Å². The van der Waals surface area contributed by atoms with E-state index in [1.165, 1.54) is 0 Å². The van der Waals surface area contributed by atoms with Gasteiger partial charge in [0.1, 0.15) is 0 Å². The first-order valence-corrected chi connectivity index (χ1v) is 7.07. The van der Waals surface area contributed by atoms with Gasteiger partial charge in [0.05, 0.1) is 17.9 Å². The minimum absolute atomic E-state index is 0.103. The van der Waals surface area contributed by atoms with Gasteiger partial charge in [-0.1, -0.05) is 37.3 Å². The molecule has 20 heavy (non-hydrogen) atoms. The minimum Gasteiger partial charge on any atom is -0.481 e. The lowest BCUT2D eigenvalue weighted by Crippen LogP contribution is -2.36. The molecule has 108 valence electrons. The fourth-order valence-corrected chi connectivity index (χ4v) is 3.00. The van der Waals surface area contributed by atoms with Crippen LogP contribution in [0.3, 0.4) is 0 Å². The number of carbonyl (C=O) groups is 2. The molecule has 2 rings (SSSR count). The molecule has 0 aromatic heterocycles. The van der Waals surface area contributed by atoms with Crippen LogP contribution in [-0.4, -0.2) is 17.0 Å². The third-order valence-corrected chi connectivity index (χ3v) is 4.11. The normalized spacial score (nSPS) is 27.0. The van der Waals surface area contributed by atoms with E-state index in [0.717, 1.165) is 5.56 Å². The Morgan fingerprint density at radius 2 is 1.80 bits per heavy atom. The number of benzene rings is 1. The van der Waals surface area contributed by atoms with Crippen LogP contribution in [0.15, 0.2) is 30.3 Å². The quantitative estimate of drug-likeness (QED) is 0.887. The highest BCUT2D eigenvalue weighted by molar-refractivity contribution is 5.85. The minimum atomic E-state index is -0.859. The summed E-state index contributed by atoms with van der Waals surface area (Å²) in [5.41, 5.74) is 1.03. The number of carboxylic acid groups (broad SMARTS) is 1. The number of hydrogen-bond acceptors (Lipinski definition) is 2. The first-order valence-electron chi connectivity index (χ1n) is 7.07. The molecule has 1 aliphatic carbocycles. The molecule has 0 spiro atoms. The van der Waals surface area contributed by atoms with Gasteiger partial charge < -0.3 is 10.4 Å². The highest BCUT2D eigenvalue weighted by Crippen LogP contribution is 2.36. The third-order valence-electron chi connectivity index (χ3n) is 4.11. The van der Waals surface area contributed by atoms with Gasteiger partial charge in [0.2, 0.25) is 5.91 Å². The van der Waals surface area contributed by atoms with Crippen LogP contribution in [0.4, 0.5) is 0 Å². The standard InChI is InChI=1S/C16H21NO3/c1-10-8-13(14(9-10)16(19)20)15(18)17-11(2)12-6-4-3-5-7-12/h3-7,10-11,13-14H,8-9H2,1-2H3,(H,17,18)(H,19,20)/t10?,11-,13?,14?/m1/s1. The second kappa shape index (κ2) is 6.07. The van der Waals surface area contributed by atoms with Crippen LogP contribution in [0.25, 0.3) is 0 Å². The molecule has 0 saturated heterocycles. The SMILES string of the molecule is CC1CC(C(=O)O)C(C(=O)N[C@H](C)c2ccccc2)C1. The molecule has 4 heteroatoms. The van der Waals surface area contributed by atoms with Crippen molar-refractivity contribution in [3.63, 3.8) is 0 Å². The van der Waals surface area contributed by atoms with Gasteiger partial charge in [-0.25, -0.2) is 0 Å². The second-order valence-corrected chi connectivity index (χ2v) is 5.77. The summed E-state index contributed by atoms with van der Waals surface area (Å²) in [5.74, 6) is -1.67. The Kier molecular flexibility index (Phi) is 4.42. The Balaban J connectivity index is 2.02. The lowest BCUT2D eigenvalue weighted by molar-refractivity contribution is -0.146. The van der Waals surface area contributed by atoms with E-state index in [1.54, 1.807) is 0 Å². The molecule has 1 amide bonds. The topological polar surface area (TPSA) is 66.4 Å². The van der Waals surface area contributed by atoms with E-state index >= 15 is 0 Å². The van der Waals surface area contributed by atoms with Gasteiger partial charge in [-0.05, 0) is 31.2 Å². The maximum atomic E-state index is 12.3. The molecular formula is C16H21NO3. The molecule has 1 aromatic carbocycles. The first-order chi connectivity index (χ1) is 9.49. The van der Waals surface area contributed by atoms with E-state index < -0.39 is 17.8 Å². The van der Waals surface area contributed by atoms with Crippen molar-refractivity contribution in [3.8, 4) is 0 Å². The monoisotopic (exact) mass is 275 g/mol. The van der Waals surface area contributed by atoms with Crippen molar-refractivity contribution in [2.45, 2.75) is 32.7 Å². The predicted molar refractivity (Wildman–Crippen MR) is 76.0 cm³/mol. The zero-order chi connectivity index (χ0) is 14.7. The molecule has 4 nitrogen and oxygen atoms in total. The fourth-order valence-electron chi connectivity index (χ4n) is 3.00. The number of rotatable bonds is 4. The predicted octanol–water partition coefficient (Wildman–Crippen LogP) is 2.61. The summed E-state index contributed by atoms with van der Waals surface area (Å²) < 4.78 is 0. The van der Waals surface area contributed by atoms with Crippen molar-refractivity contribution in [2.75, 3.05) is 0 Å². The van der Waals surface area contributed by atoms with Crippen LogP contribution in [0.2, 0.25) is 0 Å². The van der Waals surface area contributed by atoms with Crippen molar-refractivity contribution in [1.29, 1.82) is 0 Å². The summed E-state index contributed by atoms with van der Waals surface area (Å²) >= 11 is 0. The number of carboxylic acids is 1. The van der Waals surface area contributed by atoms with Gasteiger partial charge in [0, 0.05) is 0 Å². The Hall–Kier alpha value is -1.84. The van der Waals surface area contributed by atoms with Crippen LogP contribution >= 0.6 is 0 Å². The number of carbonyl (C=O) groups excluding carboxylic acids is 1. The molecule has 3 unspecified atom stereocenters. The molecule has 1 saturated carbocycles. The first kappa shape index (κ1) is 14.6. The summed E-state index contributed by atoms with van der Waals surface area (Å²) in [7, 11) is 0. The third kappa shape index (κ3) is 3.18. The zero-order valence-corrected chi connectivity index (χ0v) is 11.9. The molecule has 4 atom stereocenters. The van der Waals surface area contributed by atoms with Crippen molar-refractivity contribution in [3.05, 3.63) is 35.9 Å². The van der Waals surface area contributed by atoms with Gasteiger partial charge >= 0.3 is 5.97 Å². The molecule has 1 aromatic rings. The van der Waals surface area contributed by atoms with E-state index in [0.29, 0.717) is 18.8 Å². The summed E-state index contributed by atoms with van der Waals surface area (Å²) in [4.78, 5) is 23.6. The van der Waals surface area contributed by atoms with Gasteiger partial charge in [-0.3, -0.25) is 9.59 Å². The molecule has 2 N–H and O–H groups in total. The largest absolute Gasteiger partial charge is 0.481 e. The number of nitrogens with one attached hydrogen (secondary N) is 1. The number of hydrogen-bond donors (Lipinski definition) is 2. The second-order valence-electron chi connectivity index (χ2n) is 5.77. The average molecular weight is 275 g/mol. The highest BCUT2D eigenvalue weighted by Gasteiger charge is 2.41. The average Bonchev–Trinajstić information content (AvgIpc) is 2.82. The summed E-state index contributed by atoms with van der Waals surface area (Å²) in [6.07, 6.45) is 1.25. The summed E-state index contributed by atoms with van der Waals surface area (Å²) in [6.45, 7) is 3.92. The lowest BCUT2D eigenvalue weighted by atomic mass is 9.94. The van der Waals surface area contributed by atoms with Crippen LogP contribution in [-0.2, 0) is 9.59 Å². The van der Waals surface area contributed by atoms with Crippen LogP contribution in [0.1, 0.15) is 38.3 Å². The molecule has 1 aliphatic rings. The van der Waals surface area contributed by atoms with E-state index in [4.69, 9.17) is 0 Å². The molecule has 0 radical (unpaired) electrons. The van der Waals surface area contributed by atoms with Crippen LogP contribution in [0.5, 0.6) is 0 Å². The Morgan fingerprint density at radius 1 is 1.20 bits per heavy atom. The van der Waals surface area contributed by atoms with E-state index in [-0.39, 0.29) is 11.9 Å². The maximum Gasteiger partial charge on any atom is 0.307 e. The Labute approximate surface area is 119 Å². The Morgan fingerprint density at radius 3 is 2.40 bits per heavy atom. The van der Waals surface area contributed by atoms with Crippen LogP contribution < -0.4 is 5.32 Å². The van der Waals surface area contributed by atoms with Gasteiger partial charge in [-0.2, -0.15) is 0 Å². The highest BCUT2D eigenvalue weighted by atomic mass is 16.4. The molecular weight excluding hydrogens is 254 g/mol. The van der Waals surface area contributed by atoms with Crippen molar-refractivity contribution in [2.24, 2.45) is 17.8 Å². The smallest absolute Gasteiger partial charge is 0.307 e. The molecule has 0 aliphatic heterocycles. The lowest BCUT2D eigenvalue weighted by Gasteiger charge is -2.20. The zero-order valence-electron chi connectivity index (χ0n) is 11.9. The van der Waals surface area contributed by atoms with Gasteiger partial charge in [0.25, 0.3) is 0 Å². The summed E-state index contributed by atoms with van der Waals surface area (Å²) in [5, 5.41) is 12.2. The van der Waals surface area contributed by atoms with Crippen LogP contribution in [0, 0.1) is 17.8 Å². The molecule has 0 heterocycles. The van der Waals surface area contributed by atoms with Crippen molar-refractivity contribution < 1.29 is 14.7 Å². The molecule has 1 fully saturated rings. The van der Waals surface area contributed by atoms with Crippen molar-refractivity contribution in [1.82, 2.24) is 5.32 Å². The van der Waals surface area contributed by atoms with Crippen molar-refractivity contribution >= 4 is 11.9 Å². The fraction of sp³-hybridized carbons (Fsp3) is 0.500. The number of amides is 1. The molecule has 0 bridgehead atoms. The van der Waals surface area contributed by atoms with Gasteiger partial charge in [-0.15, -0.1) is 0 Å².